The molecule has 2 heterocycles. The Morgan fingerprint density at radius 3 is 2.58 bits per heavy atom. The Bertz CT molecular complexity index is 1310. The second-order valence-corrected chi connectivity index (χ2v) is 7.74. The zero-order chi connectivity index (χ0) is 22.3. The molecular weight excluding hydrogens is 445 g/mol. The molecule has 0 aliphatic carbocycles. The molecule has 0 saturated heterocycles. The third kappa shape index (κ3) is 3.79. The van der Waals surface area contributed by atoms with E-state index >= 15 is 0 Å². The third-order valence-corrected chi connectivity index (χ3v) is 5.66. The number of methoxy groups -OCH3 is 1. The van der Waals surface area contributed by atoms with E-state index < -0.39 is 11.7 Å². The van der Waals surface area contributed by atoms with Crippen molar-refractivity contribution in [2.75, 3.05) is 7.11 Å². The van der Waals surface area contributed by atoms with E-state index in [1.807, 2.05) is 0 Å². The Hall–Kier alpha value is -2.90. The summed E-state index contributed by atoms with van der Waals surface area (Å²) in [7, 11) is 1.42. The van der Waals surface area contributed by atoms with Gasteiger partial charge in [0.1, 0.15) is 0 Å². The van der Waals surface area contributed by atoms with Gasteiger partial charge >= 0.3 is 6.18 Å². The highest BCUT2D eigenvalue weighted by Crippen LogP contribution is 2.46. The number of rotatable bonds is 3. The highest BCUT2D eigenvalue weighted by Gasteiger charge is 2.36. The zero-order valence-corrected chi connectivity index (χ0v) is 18.0. The standard InChI is InChI=1S/C23H16ClF3N2OS/c1-12-19(14-9-8-13(24)11-18(14)29-12)20-15(5-3-7-17(20)23(25,26)27)21-16(22(31)30-2)6-4-10-28-21/h3-11,29H,1-2H3. The topological polar surface area (TPSA) is 37.9 Å². The molecule has 4 rings (SSSR count). The van der Waals surface area contributed by atoms with Crippen LogP contribution >= 0.6 is 23.8 Å². The van der Waals surface area contributed by atoms with E-state index in [-0.39, 0.29) is 10.6 Å². The normalized spacial score (nSPS) is 11.7. The Morgan fingerprint density at radius 1 is 1.10 bits per heavy atom. The number of hydrogen-bond donors (Lipinski definition) is 1. The molecule has 0 bridgehead atoms. The van der Waals surface area contributed by atoms with Crippen LogP contribution in [-0.4, -0.2) is 22.1 Å². The number of hydrogen-bond acceptors (Lipinski definition) is 3. The zero-order valence-electron chi connectivity index (χ0n) is 16.5. The molecule has 0 atom stereocenters. The predicted molar refractivity (Wildman–Crippen MR) is 120 cm³/mol. The van der Waals surface area contributed by atoms with Crippen LogP contribution in [0.1, 0.15) is 16.8 Å². The Balaban J connectivity index is 2.14. The van der Waals surface area contributed by atoms with Crippen LogP contribution in [0.2, 0.25) is 5.02 Å². The summed E-state index contributed by atoms with van der Waals surface area (Å²) >= 11 is 11.4. The van der Waals surface area contributed by atoms with Gasteiger partial charge < -0.3 is 9.72 Å². The van der Waals surface area contributed by atoms with Crippen LogP contribution in [0.5, 0.6) is 0 Å². The van der Waals surface area contributed by atoms with Gasteiger partial charge in [0.15, 0.2) is 5.05 Å². The van der Waals surface area contributed by atoms with Crippen LogP contribution in [0.15, 0.2) is 54.7 Å². The van der Waals surface area contributed by atoms with E-state index in [0.717, 1.165) is 6.07 Å². The molecule has 2 aromatic heterocycles. The average molecular weight is 461 g/mol. The summed E-state index contributed by atoms with van der Waals surface area (Å²) in [5.41, 5.74) is 2.01. The molecule has 158 valence electrons. The first-order valence-electron chi connectivity index (χ1n) is 9.24. The van der Waals surface area contributed by atoms with Gasteiger partial charge in [-0.05, 0) is 49.5 Å². The minimum Gasteiger partial charge on any atom is -0.486 e. The average Bonchev–Trinajstić information content (AvgIpc) is 3.06. The molecule has 0 fully saturated rings. The molecular formula is C23H16ClF3N2OS. The van der Waals surface area contributed by atoms with Gasteiger partial charge in [0.25, 0.3) is 0 Å². The van der Waals surface area contributed by atoms with Crippen molar-refractivity contribution in [3.63, 3.8) is 0 Å². The number of aromatic amines is 1. The summed E-state index contributed by atoms with van der Waals surface area (Å²) in [5, 5.41) is 1.27. The predicted octanol–water partition coefficient (Wildman–Crippen LogP) is 7.20. The number of aryl methyl sites for hydroxylation is 1. The van der Waals surface area contributed by atoms with Crippen LogP contribution in [0.3, 0.4) is 0 Å². The van der Waals surface area contributed by atoms with Crippen molar-refractivity contribution in [1.82, 2.24) is 9.97 Å². The molecule has 0 unspecified atom stereocenters. The first-order valence-corrected chi connectivity index (χ1v) is 10.0. The van der Waals surface area contributed by atoms with Gasteiger partial charge in [-0.25, -0.2) is 0 Å². The van der Waals surface area contributed by atoms with E-state index in [4.69, 9.17) is 28.6 Å². The molecule has 31 heavy (non-hydrogen) atoms. The molecule has 2 aromatic carbocycles. The molecule has 0 aliphatic heterocycles. The smallest absolute Gasteiger partial charge is 0.417 e. The van der Waals surface area contributed by atoms with Crippen molar-refractivity contribution >= 4 is 39.8 Å². The minimum atomic E-state index is -4.58. The Morgan fingerprint density at radius 2 is 1.87 bits per heavy atom. The highest BCUT2D eigenvalue weighted by atomic mass is 35.5. The summed E-state index contributed by atoms with van der Waals surface area (Å²) < 4.78 is 47.6. The number of ether oxygens (including phenoxy) is 1. The van der Waals surface area contributed by atoms with Crippen LogP contribution in [-0.2, 0) is 10.9 Å². The number of H-pyrrole nitrogens is 1. The van der Waals surface area contributed by atoms with Crippen molar-refractivity contribution in [2.45, 2.75) is 13.1 Å². The fraction of sp³-hybridized carbons (Fsp3) is 0.130. The summed E-state index contributed by atoms with van der Waals surface area (Å²) in [5.74, 6) is 0. The SMILES string of the molecule is COC(=S)c1cccnc1-c1cccc(C(F)(F)F)c1-c1c(C)[nH]c2cc(Cl)ccc12. The number of thiocarbonyl (C=S) groups is 1. The largest absolute Gasteiger partial charge is 0.486 e. The number of fused-ring (bicyclic) bond motifs is 1. The van der Waals surface area contributed by atoms with Crippen LogP contribution in [0, 0.1) is 6.92 Å². The number of halogens is 4. The van der Waals surface area contributed by atoms with Gasteiger partial charge in [-0.2, -0.15) is 13.2 Å². The second-order valence-electron chi connectivity index (χ2n) is 6.93. The van der Waals surface area contributed by atoms with E-state index in [0.29, 0.717) is 44.0 Å². The van der Waals surface area contributed by atoms with Crippen molar-refractivity contribution in [1.29, 1.82) is 0 Å². The van der Waals surface area contributed by atoms with Crippen molar-refractivity contribution in [3.05, 3.63) is 76.6 Å². The van der Waals surface area contributed by atoms with E-state index in [1.54, 1.807) is 43.3 Å². The Labute approximate surface area is 186 Å². The van der Waals surface area contributed by atoms with Gasteiger partial charge in [0.2, 0.25) is 0 Å². The number of alkyl halides is 3. The first kappa shape index (κ1) is 21.3. The Kier molecular flexibility index (Phi) is 5.49. The summed E-state index contributed by atoms with van der Waals surface area (Å²) in [6, 6.07) is 12.5. The van der Waals surface area contributed by atoms with E-state index in [9.17, 15) is 13.2 Å². The lowest BCUT2D eigenvalue weighted by Crippen LogP contribution is -2.10. The van der Waals surface area contributed by atoms with Gasteiger partial charge in [0, 0.05) is 44.5 Å². The fourth-order valence-electron chi connectivity index (χ4n) is 3.78. The highest BCUT2D eigenvalue weighted by molar-refractivity contribution is 7.80. The lowest BCUT2D eigenvalue weighted by atomic mass is 9.89. The maximum Gasteiger partial charge on any atom is 0.417 e. The number of pyridine rings is 1. The van der Waals surface area contributed by atoms with Gasteiger partial charge in [-0.3, -0.25) is 4.98 Å². The molecule has 4 aromatic rings. The summed E-state index contributed by atoms with van der Waals surface area (Å²) in [6.07, 6.45) is -3.06. The third-order valence-electron chi connectivity index (χ3n) is 5.04. The molecule has 0 aliphatic rings. The minimum absolute atomic E-state index is 0.0277. The number of nitrogens with one attached hydrogen (secondary N) is 1. The van der Waals surface area contributed by atoms with Crippen LogP contribution in [0.4, 0.5) is 13.2 Å². The summed E-state index contributed by atoms with van der Waals surface area (Å²) in [4.78, 5) is 7.52. The van der Waals surface area contributed by atoms with Gasteiger partial charge in [-0.1, -0.05) is 29.8 Å². The second kappa shape index (κ2) is 7.98. The van der Waals surface area contributed by atoms with E-state index in [1.165, 1.54) is 19.4 Å². The molecule has 0 spiro atoms. The monoisotopic (exact) mass is 460 g/mol. The number of benzene rings is 2. The van der Waals surface area contributed by atoms with Crippen LogP contribution < -0.4 is 0 Å². The molecule has 8 heteroatoms. The number of nitrogens with zero attached hydrogens (tertiary/aromatic N) is 1. The number of aromatic nitrogens is 2. The lowest BCUT2D eigenvalue weighted by Gasteiger charge is -2.19. The maximum atomic E-state index is 14.2. The lowest BCUT2D eigenvalue weighted by molar-refractivity contribution is -0.137. The van der Waals surface area contributed by atoms with Crippen molar-refractivity contribution in [2.24, 2.45) is 0 Å². The molecule has 0 radical (unpaired) electrons. The molecule has 0 saturated carbocycles. The first-order chi connectivity index (χ1) is 14.7. The van der Waals surface area contributed by atoms with Crippen molar-refractivity contribution in [3.8, 4) is 22.4 Å². The maximum absolute atomic E-state index is 14.2. The van der Waals surface area contributed by atoms with Crippen LogP contribution in [0.25, 0.3) is 33.3 Å². The quantitative estimate of drug-likeness (QED) is 0.328. The van der Waals surface area contributed by atoms with Gasteiger partial charge in [-0.15, -0.1) is 0 Å². The molecule has 0 amide bonds. The van der Waals surface area contributed by atoms with Gasteiger partial charge in [0.05, 0.1) is 23.9 Å². The fourth-order valence-corrected chi connectivity index (χ4v) is 4.11. The summed E-state index contributed by atoms with van der Waals surface area (Å²) in [6.45, 7) is 1.74. The van der Waals surface area contributed by atoms with E-state index in [2.05, 4.69) is 9.97 Å². The molecule has 1 N–H and O–H groups in total. The van der Waals surface area contributed by atoms with Crippen molar-refractivity contribution < 1.29 is 17.9 Å². The molecule has 3 nitrogen and oxygen atoms in total.